The summed E-state index contributed by atoms with van der Waals surface area (Å²) in [7, 11) is 2.28. The lowest BCUT2D eigenvalue weighted by molar-refractivity contribution is -0.898. The van der Waals surface area contributed by atoms with Crippen LogP contribution >= 0.6 is 15.9 Å². The fourth-order valence-corrected chi connectivity index (χ4v) is 2.04. The molecule has 0 saturated carbocycles. The zero-order valence-corrected chi connectivity index (χ0v) is 10.9. The van der Waals surface area contributed by atoms with Gasteiger partial charge in [0.2, 0.25) is 0 Å². The van der Waals surface area contributed by atoms with E-state index in [4.69, 9.17) is 0 Å². The van der Waals surface area contributed by atoms with E-state index in [1.807, 2.05) is 12.2 Å². The van der Waals surface area contributed by atoms with Gasteiger partial charge >= 0.3 is 0 Å². The molecule has 0 radical (unpaired) electrons. The second-order valence-electron chi connectivity index (χ2n) is 4.04. The lowest BCUT2D eigenvalue weighted by Crippen LogP contribution is -2.44. The summed E-state index contributed by atoms with van der Waals surface area (Å²) in [6.07, 6.45) is 7.90. The first-order valence-corrected chi connectivity index (χ1v) is 6.42. The summed E-state index contributed by atoms with van der Waals surface area (Å²) < 4.78 is 1.05. The zero-order chi connectivity index (χ0) is 10.9. The molecule has 14 heavy (non-hydrogen) atoms. The summed E-state index contributed by atoms with van der Waals surface area (Å²) in [6.45, 7) is 10.9. The van der Waals surface area contributed by atoms with Crippen LogP contribution in [0.1, 0.15) is 19.3 Å². The van der Waals surface area contributed by atoms with E-state index in [9.17, 15) is 0 Å². The van der Waals surface area contributed by atoms with E-state index in [1.165, 1.54) is 25.8 Å². The second kappa shape index (κ2) is 8.25. The highest BCUT2D eigenvalue weighted by atomic mass is 79.9. The van der Waals surface area contributed by atoms with Crippen LogP contribution in [0.5, 0.6) is 0 Å². The van der Waals surface area contributed by atoms with Crippen LogP contribution in [0.4, 0.5) is 0 Å². The molecule has 0 rings (SSSR count). The SMILES string of the molecule is C=CC[N+](C)(CC=C)CCCCCBr. The molecule has 0 bridgehead atoms. The highest BCUT2D eigenvalue weighted by Crippen LogP contribution is 2.08. The number of rotatable bonds is 9. The average molecular weight is 261 g/mol. The summed E-state index contributed by atoms with van der Waals surface area (Å²) in [5.74, 6) is 0. The molecule has 0 atom stereocenters. The Kier molecular flexibility index (Phi) is 8.20. The Morgan fingerprint density at radius 2 is 1.64 bits per heavy atom. The fraction of sp³-hybridized carbons (Fsp3) is 0.667. The normalized spacial score (nSPS) is 11.3. The zero-order valence-electron chi connectivity index (χ0n) is 9.34. The van der Waals surface area contributed by atoms with Crippen LogP contribution < -0.4 is 0 Å². The van der Waals surface area contributed by atoms with Crippen LogP contribution in [-0.2, 0) is 0 Å². The molecule has 1 nitrogen and oxygen atoms in total. The summed E-state index contributed by atoms with van der Waals surface area (Å²) in [6, 6.07) is 0. The van der Waals surface area contributed by atoms with Gasteiger partial charge in [-0.05, 0) is 31.4 Å². The molecule has 0 aromatic heterocycles. The van der Waals surface area contributed by atoms with Crippen LogP contribution in [-0.4, -0.2) is 36.5 Å². The van der Waals surface area contributed by atoms with Gasteiger partial charge in [0.05, 0.1) is 26.7 Å². The Balaban J connectivity index is 3.82. The Bertz CT molecular complexity index is 156. The van der Waals surface area contributed by atoms with Crippen LogP contribution in [0, 0.1) is 0 Å². The summed E-state index contributed by atoms with van der Waals surface area (Å²) in [4.78, 5) is 0. The lowest BCUT2D eigenvalue weighted by atomic mass is 10.2. The van der Waals surface area contributed by atoms with Crippen molar-refractivity contribution in [2.45, 2.75) is 19.3 Å². The van der Waals surface area contributed by atoms with Gasteiger partial charge in [-0.1, -0.05) is 29.1 Å². The maximum absolute atomic E-state index is 3.81. The number of likely N-dealkylation sites (N-methyl/N-ethyl adjacent to an activating group) is 1. The maximum Gasteiger partial charge on any atom is 0.0971 e. The highest BCUT2D eigenvalue weighted by Gasteiger charge is 2.16. The Morgan fingerprint density at radius 1 is 1.07 bits per heavy atom. The van der Waals surface area contributed by atoms with E-state index in [2.05, 4.69) is 36.1 Å². The fourth-order valence-electron chi connectivity index (χ4n) is 1.65. The number of nitrogens with zero attached hydrogens (tertiary/aromatic N) is 1. The van der Waals surface area contributed by atoms with Crippen molar-refractivity contribution in [2.24, 2.45) is 0 Å². The molecule has 0 aliphatic heterocycles. The third-order valence-corrected chi connectivity index (χ3v) is 3.03. The highest BCUT2D eigenvalue weighted by molar-refractivity contribution is 9.09. The minimum atomic E-state index is 1.04. The molecule has 0 aliphatic rings. The standard InChI is InChI=1S/C12H23BrN/c1-4-10-14(3,11-5-2)12-8-6-7-9-13/h4-5H,1-2,6-12H2,3H3/q+1. The van der Waals surface area contributed by atoms with Crippen LogP contribution in [0.3, 0.4) is 0 Å². The maximum atomic E-state index is 3.81. The van der Waals surface area contributed by atoms with E-state index in [1.54, 1.807) is 0 Å². The van der Waals surface area contributed by atoms with Gasteiger partial charge in [0.25, 0.3) is 0 Å². The Morgan fingerprint density at radius 3 is 2.07 bits per heavy atom. The first kappa shape index (κ1) is 13.9. The van der Waals surface area contributed by atoms with Gasteiger partial charge in [-0.3, -0.25) is 0 Å². The van der Waals surface area contributed by atoms with Crippen LogP contribution in [0.15, 0.2) is 25.3 Å². The molecule has 0 fully saturated rings. The number of hydrogen-bond donors (Lipinski definition) is 0. The number of halogens is 1. The van der Waals surface area contributed by atoms with Crippen molar-refractivity contribution in [1.82, 2.24) is 0 Å². The third-order valence-electron chi connectivity index (χ3n) is 2.47. The topological polar surface area (TPSA) is 0 Å². The minimum Gasteiger partial charge on any atom is -0.320 e. The smallest absolute Gasteiger partial charge is 0.0971 e. The summed E-state index contributed by atoms with van der Waals surface area (Å²) in [5.41, 5.74) is 0. The molecule has 0 unspecified atom stereocenters. The number of alkyl halides is 1. The molecule has 2 heteroatoms. The van der Waals surface area contributed by atoms with E-state index < -0.39 is 0 Å². The number of unbranched alkanes of at least 4 members (excludes halogenated alkanes) is 2. The molecular weight excluding hydrogens is 238 g/mol. The molecule has 0 aromatic carbocycles. The predicted molar refractivity (Wildman–Crippen MR) is 68.8 cm³/mol. The average Bonchev–Trinajstić information content (AvgIpc) is 2.13. The van der Waals surface area contributed by atoms with Crippen molar-refractivity contribution >= 4 is 15.9 Å². The van der Waals surface area contributed by atoms with Gasteiger partial charge in [-0.2, -0.15) is 0 Å². The van der Waals surface area contributed by atoms with Gasteiger partial charge in [0.1, 0.15) is 0 Å². The second-order valence-corrected chi connectivity index (χ2v) is 4.83. The van der Waals surface area contributed by atoms with Crippen LogP contribution in [0.2, 0.25) is 0 Å². The van der Waals surface area contributed by atoms with Gasteiger partial charge in [0, 0.05) is 5.33 Å². The van der Waals surface area contributed by atoms with Crippen molar-refractivity contribution < 1.29 is 4.48 Å². The minimum absolute atomic E-state index is 1.04. The quantitative estimate of drug-likeness (QED) is 0.258. The van der Waals surface area contributed by atoms with Gasteiger partial charge < -0.3 is 4.48 Å². The molecule has 0 heterocycles. The molecule has 82 valence electrons. The molecular formula is C12H23BrN+. The molecule has 0 saturated heterocycles. The number of hydrogen-bond acceptors (Lipinski definition) is 0. The molecule has 0 amide bonds. The predicted octanol–water partition coefficient (Wildman–Crippen LogP) is 3.37. The number of quaternary nitrogens is 1. The van der Waals surface area contributed by atoms with E-state index in [-0.39, 0.29) is 0 Å². The third kappa shape index (κ3) is 6.39. The summed E-state index contributed by atoms with van der Waals surface area (Å²) in [5, 5.41) is 1.12. The first-order chi connectivity index (χ1) is 6.68. The van der Waals surface area contributed by atoms with Gasteiger partial charge in [-0.15, -0.1) is 0 Å². The monoisotopic (exact) mass is 260 g/mol. The van der Waals surface area contributed by atoms with Crippen molar-refractivity contribution in [3.63, 3.8) is 0 Å². The van der Waals surface area contributed by atoms with Gasteiger partial charge in [0.15, 0.2) is 0 Å². The molecule has 0 N–H and O–H groups in total. The van der Waals surface area contributed by atoms with E-state index >= 15 is 0 Å². The van der Waals surface area contributed by atoms with Gasteiger partial charge in [-0.25, -0.2) is 0 Å². The Labute approximate surface area is 97.2 Å². The first-order valence-electron chi connectivity index (χ1n) is 5.30. The van der Waals surface area contributed by atoms with E-state index in [0.29, 0.717) is 0 Å². The molecule has 0 aliphatic carbocycles. The largest absolute Gasteiger partial charge is 0.320 e. The molecule has 0 spiro atoms. The molecule has 0 aromatic rings. The van der Waals surface area contributed by atoms with Crippen LogP contribution in [0.25, 0.3) is 0 Å². The Hall–Kier alpha value is -0.0800. The van der Waals surface area contributed by atoms with Crippen molar-refractivity contribution in [2.75, 3.05) is 32.0 Å². The summed E-state index contributed by atoms with van der Waals surface area (Å²) >= 11 is 3.45. The van der Waals surface area contributed by atoms with Crippen molar-refractivity contribution in [3.05, 3.63) is 25.3 Å². The van der Waals surface area contributed by atoms with Crippen molar-refractivity contribution in [3.8, 4) is 0 Å². The van der Waals surface area contributed by atoms with Crippen molar-refractivity contribution in [1.29, 1.82) is 0 Å². The lowest BCUT2D eigenvalue weighted by Gasteiger charge is -2.32. The van der Waals surface area contributed by atoms with E-state index in [0.717, 1.165) is 22.9 Å².